The summed E-state index contributed by atoms with van der Waals surface area (Å²) in [7, 11) is -3.31. The Morgan fingerprint density at radius 2 is 1.95 bits per heavy atom. The van der Waals surface area contributed by atoms with E-state index in [1.807, 2.05) is 0 Å². The van der Waals surface area contributed by atoms with Gasteiger partial charge < -0.3 is 0 Å². The number of sulfone groups is 1. The minimum atomic E-state index is -3.31. The number of rotatable bonds is 5. The second-order valence-corrected chi connectivity index (χ2v) is 7.41. The van der Waals surface area contributed by atoms with Crippen LogP contribution in [0.25, 0.3) is 6.08 Å². The van der Waals surface area contributed by atoms with Gasteiger partial charge in [-0.25, -0.2) is 13.9 Å². The molecule has 0 bridgehead atoms. The number of hydroxylamine groups is 1. The summed E-state index contributed by atoms with van der Waals surface area (Å²) in [5, 5.41) is 10.1. The molecule has 0 aliphatic heterocycles. The molecule has 0 spiro atoms. The predicted octanol–water partition coefficient (Wildman–Crippen LogP) is 2.24. The van der Waals surface area contributed by atoms with Crippen LogP contribution in [0.2, 0.25) is 0 Å². The number of carbonyl (C=O) groups is 1. The Balaban J connectivity index is 2.10. The molecule has 2 rings (SSSR count). The molecule has 21 heavy (non-hydrogen) atoms. The van der Waals surface area contributed by atoms with Crippen molar-refractivity contribution in [2.45, 2.75) is 9.96 Å². The summed E-state index contributed by atoms with van der Waals surface area (Å²) in [6.07, 6.45) is 2.69. The number of amides is 1. The number of hydrogen-bond acceptors (Lipinski definition) is 5. The van der Waals surface area contributed by atoms with Crippen LogP contribution in [0, 0.1) is 0 Å². The van der Waals surface area contributed by atoms with Crippen LogP contribution in [0.1, 0.15) is 11.1 Å². The standard InChI is InChI=1S/C14H13NO4S2/c16-13(15-17)8-7-11-3-5-12(6-4-11)10-21(18,19)14-2-1-9-20-14/h1-9,17H,10H2,(H,15,16)/b8-7+. The molecule has 0 saturated heterocycles. The fourth-order valence-corrected chi connectivity index (χ4v) is 4.10. The Bertz CT molecular complexity index is 732. The van der Waals surface area contributed by atoms with Crippen LogP contribution >= 0.6 is 11.3 Å². The molecule has 0 atom stereocenters. The van der Waals surface area contributed by atoms with Crippen LogP contribution in [-0.2, 0) is 20.4 Å². The van der Waals surface area contributed by atoms with E-state index in [1.54, 1.807) is 41.8 Å². The number of nitrogens with one attached hydrogen (secondary N) is 1. The molecule has 1 aromatic heterocycles. The first-order valence-corrected chi connectivity index (χ1v) is 8.52. The van der Waals surface area contributed by atoms with Gasteiger partial charge in [-0.3, -0.25) is 10.0 Å². The maximum Gasteiger partial charge on any atom is 0.267 e. The van der Waals surface area contributed by atoms with Crippen LogP contribution in [0.5, 0.6) is 0 Å². The van der Waals surface area contributed by atoms with Crippen molar-refractivity contribution in [2.75, 3.05) is 0 Å². The van der Waals surface area contributed by atoms with Gasteiger partial charge in [0.05, 0.1) is 5.75 Å². The average molecular weight is 323 g/mol. The van der Waals surface area contributed by atoms with Gasteiger partial charge in [-0.2, -0.15) is 0 Å². The molecule has 2 aromatic rings. The highest BCUT2D eigenvalue weighted by Gasteiger charge is 2.15. The summed E-state index contributed by atoms with van der Waals surface area (Å²) >= 11 is 1.20. The molecule has 0 radical (unpaired) electrons. The first-order chi connectivity index (χ1) is 10.0. The van der Waals surface area contributed by atoms with Crippen molar-refractivity contribution < 1.29 is 18.4 Å². The second-order valence-electron chi connectivity index (χ2n) is 4.24. The maximum atomic E-state index is 12.1. The molecule has 1 amide bonds. The van der Waals surface area contributed by atoms with Gasteiger partial charge in [-0.05, 0) is 28.6 Å². The molecule has 0 aliphatic carbocycles. The Morgan fingerprint density at radius 1 is 1.24 bits per heavy atom. The molecule has 0 fully saturated rings. The monoisotopic (exact) mass is 323 g/mol. The van der Waals surface area contributed by atoms with Crippen molar-refractivity contribution in [3.63, 3.8) is 0 Å². The first-order valence-electron chi connectivity index (χ1n) is 5.98. The van der Waals surface area contributed by atoms with E-state index < -0.39 is 15.7 Å². The molecule has 1 aromatic carbocycles. The number of hydrogen-bond donors (Lipinski definition) is 2. The van der Waals surface area contributed by atoms with Gasteiger partial charge in [0, 0.05) is 6.08 Å². The predicted molar refractivity (Wildman–Crippen MR) is 80.6 cm³/mol. The largest absolute Gasteiger partial charge is 0.288 e. The number of thiophene rings is 1. The van der Waals surface area contributed by atoms with Crippen LogP contribution < -0.4 is 5.48 Å². The zero-order chi connectivity index (χ0) is 15.3. The Hall–Kier alpha value is -1.96. The van der Waals surface area contributed by atoms with Gasteiger partial charge in [0.15, 0.2) is 9.84 Å². The highest BCUT2D eigenvalue weighted by Crippen LogP contribution is 2.21. The number of carbonyl (C=O) groups excluding carboxylic acids is 1. The lowest BCUT2D eigenvalue weighted by Crippen LogP contribution is -2.14. The molecular formula is C14H13NO4S2. The van der Waals surface area contributed by atoms with Gasteiger partial charge in [-0.15, -0.1) is 11.3 Å². The van der Waals surface area contributed by atoms with Crippen molar-refractivity contribution in [1.29, 1.82) is 0 Å². The molecule has 1 heterocycles. The Kier molecular flexibility index (Phi) is 4.89. The Morgan fingerprint density at radius 3 is 2.52 bits per heavy atom. The number of benzene rings is 1. The maximum absolute atomic E-state index is 12.1. The smallest absolute Gasteiger partial charge is 0.267 e. The van der Waals surface area contributed by atoms with Crippen molar-refractivity contribution in [1.82, 2.24) is 5.48 Å². The Labute approximate surface area is 126 Å². The molecule has 0 unspecified atom stereocenters. The van der Waals surface area contributed by atoms with Gasteiger partial charge in [0.25, 0.3) is 5.91 Å². The van der Waals surface area contributed by atoms with Crippen molar-refractivity contribution in [3.05, 3.63) is 59.0 Å². The topological polar surface area (TPSA) is 83.5 Å². The molecule has 0 saturated carbocycles. The van der Waals surface area contributed by atoms with Crippen LogP contribution in [0.3, 0.4) is 0 Å². The summed E-state index contributed by atoms with van der Waals surface area (Å²) in [5.41, 5.74) is 2.89. The van der Waals surface area contributed by atoms with E-state index in [2.05, 4.69) is 0 Å². The fraction of sp³-hybridized carbons (Fsp3) is 0.0714. The lowest BCUT2D eigenvalue weighted by atomic mass is 10.1. The summed E-state index contributed by atoms with van der Waals surface area (Å²) in [5.74, 6) is -0.686. The minimum absolute atomic E-state index is 0.0609. The van der Waals surface area contributed by atoms with Crippen LogP contribution in [0.4, 0.5) is 0 Å². The summed E-state index contributed by atoms with van der Waals surface area (Å²) in [6.45, 7) is 0. The van der Waals surface area contributed by atoms with Gasteiger partial charge >= 0.3 is 0 Å². The quantitative estimate of drug-likeness (QED) is 0.502. The molecule has 0 aliphatic rings. The fourth-order valence-electron chi connectivity index (χ4n) is 1.67. The van der Waals surface area contributed by atoms with Crippen molar-refractivity contribution in [3.8, 4) is 0 Å². The molecule has 5 nitrogen and oxygen atoms in total. The summed E-state index contributed by atoms with van der Waals surface area (Å²) in [6, 6.07) is 10.1. The van der Waals surface area contributed by atoms with Gasteiger partial charge in [-0.1, -0.05) is 30.3 Å². The van der Waals surface area contributed by atoms with Crippen LogP contribution in [0.15, 0.2) is 52.1 Å². The molecule has 2 N–H and O–H groups in total. The van der Waals surface area contributed by atoms with Gasteiger partial charge in [0.1, 0.15) is 4.21 Å². The van der Waals surface area contributed by atoms with Crippen molar-refractivity contribution >= 4 is 33.2 Å². The average Bonchev–Trinajstić information content (AvgIpc) is 3.01. The van der Waals surface area contributed by atoms with E-state index in [0.29, 0.717) is 9.77 Å². The third-order valence-electron chi connectivity index (χ3n) is 2.68. The third kappa shape index (κ3) is 4.25. The summed E-state index contributed by atoms with van der Waals surface area (Å²) < 4.78 is 24.6. The molecular weight excluding hydrogens is 310 g/mol. The SMILES string of the molecule is O=C(/C=C/c1ccc(CS(=O)(=O)c2cccs2)cc1)NO. The van der Waals surface area contributed by atoms with E-state index in [1.165, 1.54) is 29.0 Å². The van der Waals surface area contributed by atoms with Crippen LogP contribution in [-0.4, -0.2) is 19.5 Å². The lowest BCUT2D eigenvalue weighted by molar-refractivity contribution is -0.124. The first kappa shape index (κ1) is 15.4. The minimum Gasteiger partial charge on any atom is -0.288 e. The second kappa shape index (κ2) is 6.66. The highest BCUT2D eigenvalue weighted by molar-refractivity contribution is 7.92. The van der Waals surface area contributed by atoms with E-state index in [-0.39, 0.29) is 5.75 Å². The highest BCUT2D eigenvalue weighted by atomic mass is 32.2. The van der Waals surface area contributed by atoms with Crippen molar-refractivity contribution in [2.24, 2.45) is 0 Å². The molecule has 7 heteroatoms. The van der Waals surface area contributed by atoms with E-state index in [0.717, 1.165) is 5.56 Å². The van der Waals surface area contributed by atoms with Gasteiger partial charge in [0.2, 0.25) is 0 Å². The van der Waals surface area contributed by atoms with E-state index >= 15 is 0 Å². The third-order valence-corrected chi connectivity index (χ3v) is 5.85. The molecule has 110 valence electrons. The summed E-state index contributed by atoms with van der Waals surface area (Å²) in [4.78, 5) is 10.8. The zero-order valence-corrected chi connectivity index (χ0v) is 12.5. The van der Waals surface area contributed by atoms with E-state index in [9.17, 15) is 13.2 Å². The zero-order valence-electron chi connectivity index (χ0n) is 10.9. The normalized spacial score (nSPS) is 11.7. The lowest BCUT2D eigenvalue weighted by Gasteiger charge is -2.03. The van der Waals surface area contributed by atoms with E-state index in [4.69, 9.17) is 5.21 Å².